The van der Waals surface area contributed by atoms with Gasteiger partial charge in [-0.15, -0.1) is 0 Å². The lowest BCUT2D eigenvalue weighted by atomic mass is 9.63. The molecule has 1 nitrogen and oxygen atoms in total. The number of fused-ring (bicyclic) bond motifs is 6. The van der Waals surface area contributed by atoms with E-state index in [1.807, 2.05) is 0 Å². The van der Waals surface area contributed by atoms with E-state index in [0.717, 1.165) is 17.1 Å². The van der Waals surface area contributed by atoms with E-state index in [2.05, 4.69) is 254 Å². The summed E-state index contributed by atoms with van der Waals surface area (Å²) in [6.45, 7) is 0. The van der Waals surface area contributed by atoms with E-state index in [1.165, 1.54) is 77.5 Å². The normalized spacial score (nSPS) is 12.5. The van der Waals surface area contributed by atoms with Crippen molar-refractivity contribution in [3.63, 3.8) is 0 Å². The van der Waals surface area contributed by atoms with Crippen LogP contribution < -0.4 is 4.90 Å². The molecule has 0 N–H and O–H groups in total. The summed E-state index contributed by atoms with van der Waals surface area (Å²) in [6, 6.07) is 91.2. The lowest BCUT2D eigenvalue weighted by Gasteiger charge is -2.38. The number of hydrogen-bond donors (Lipinski definition) is 0. The highest BCUT2D eigenvalue weighted by Crippen LogP contribution is 2.55. The average Bonchev–Trinajstić information content (AvgIpc) is 3.44. The van der Waals surface area contributed by atoms with E-state index >= 15 is 0 Å². The fraction of sp³-hybridized carbons (Fsp3) is 0.0169. The summed E-state index contributed by atoms with van der Waals surface area (Å²) in [5.41, 5.74) is 17.6. The molecule has 0 fully saturated rings. The maximum atomic E-state index is 2.43. The van der Waals surface area contributed by atoms with Gasteiger partial charge in [-0.05, 0) is 109 Å². The van der Waals surface area contributed by atoms with Gasteiger partial charge < -0.3 is 4.90 Å². The maximum Gasteiger partial charge on any atom is 0.0713 e. The van der Waals surface area contributed by atoms with E-state index < -0.39 is 5.41 Å². The third kappa shape index (κ3) is 5.86. The summed E-state index contributed by atoms with van der Waals surface area (Å²) < 4.78 is 0. The van der Waals surface area contributed by atoms with Gasteiger partial charge in [-0.1, -0.05) is 212 Å². The zero-order valence-corrected chi connectivity index (χ0v) is 33.1. The topological polar surface area (TPSA) is 3.24 Å². The molecule has 0 aromatic heterocycles. The Hall–Kier alpha value is -7.74. The van der Waals surface area contributed by atoms with Crippen molar-refractivity contribution in [3.8, 4) is 44.5 Å². The van der Waals surface area contributed by atoms with Crippen molar-refractivity contribution >= 4 is 27.8 Å². The zero-order valence-electron chi connectivity index (χ0n) is 33.1. The van der Waals surface area contributed by atoms with Crippen molar-refractivity contribution in [2.45, 2.75) is 5.41 Å². The predicted octanol–water partition coefficient (Wildman–Crippen LogP) is 15.7. The molecule has 11 rings (SSSR count). The molecule has 1 heteroatoms. The number of rotatable bonds is 7. The van der Waals surface area contributed by atoms with Crippen LogP contribution in [-0.2, 0) is 5.41 Å². The smallest absolute Gasteiger partial charge is 0.0713 e. The molecule has 0 spiro atoms. The van der Waals surface area contributed by atoms with Gasteiger partial charge in [0.25, 0.3) is 0 Å². The Bertz CT molecular complexity index is 3060. The Labute approximate surface area is 352 Å². The second-order valence-corrected chi connectivity index (χ2v) is 15.6. The third-order valence-corrected chi connectivity index (χ3v) is 12.4. The molecule has 0 unspecified atom stereocenters. The molecule has 0 atom stereocenters. The quantitative estimate of drug-likeness (QED) is 0.156. The minimum Gasteiger partial charge on any atom is -0.310 e. The number of anilines is 3. The van der Waals surface area contributed by atoms with Crippen LogP contribution in [0.1, 0.15) is 22.3 Å². The second-order valence-electron chi connectivity index (χ2n) is 15.6. The number of nitrogens with zero attached hydrogens (tertiary/aromatic N) is 1. The van der Waals surface area contributed by atoms with Crippen molar-refractivity contribution in [1.29, 1.82) is 0 Å². The van der Waals surface area contributed by atoms with Gasteiger partial charge in [-0.25, -0.2) is 0 Å². The van der Waals surface area contributed by atoms with Crippen LogP contribution in [0.2, 0.25) is 0 Å². The van der Waals surface area contributed by atoms with Crippen molar-refractivity contribution in [2.75, 3.05) is 4.90 Å². The molecule has 10 aromatic rings. The molecular weight excluding hydrogens is 723 g/mol. The summed E-state index contributed by atoms with van der Waals surface area (Å²) in [5.74, 6) is 0. The third-order valence-electron chi connectivity index (χ3n) is 12.4. The van der Waals surface area contributed by atoms with E-state index in [1.54, 1.807) is 0 Å². The van der Waals surface area contributed by atoms with Crippen LogP contribution in [0.4, 0.5) is 17.1 Å². The Morgan fingerprint density at radius 3 is 1.35 bits per heavy atom. The van der Waals surface area contributed by atoms with Gasteiger partial charge in [0.15, 0.2) is 0 Å². The SMILES string of the molecule is c1ccc(-c2ccc(N(c3ccc(-c4cccc(C5(c6ccccc6)c6ccccc6-c6ccccc6-c6ccccc65)c4)cc3)c3cccc4ccccc34)cc2)cc1. The average molecular weight is 764 g/mol. The standard InChI is InChI=1S/C59H41N/c1-3-17-42(18-4-1)43-33-37-49(38-34-43)60(58-32-16-20-45-19-7-8-25-51(45)58)50-39-35-44(36-40-50)46-21-15-24-48(41-46)59(47-22-5-2-6-23-47)56-30-13-11-28-54(56)52-26-9-10-27-53(52)55-29-12-14-31-57(55)59/h1-41H. The van der Waals surface area contributed by atoms with Gasteiger partial charge in [-0.2, -0.15) is 0 Å². The molecule has 0 radical (unpaired) electrons. The first-order valence-electron chi connectivity index (χ1n) is 20.8. The summed E-state index contributed by atoms with van der Waals surface area (Å²) in [6.07, 6.45) is 0. The highest BCUT2D eigenvalue weighted by atomic mass is 15.1. The number of benzene rings is 10. The lowest BCUT2D eigenvalue weighted by molar-refractivity contribution is 0.752. The first kappa shape index (κ1) is 35.4. The van der Waals surface area contributed by atoms with Gasteiger partial charge in [0.2, 0.25) is 0 Å². The second kappa shape index (κ2) is 14.9. The summed E-state index contributed by atoms with van der Waals surface area (Å²) in [4.78, 5) is 2.39. The molecule has 0 heterocycles. The molecule has 60 heavy (non-hydrogen) atoms. The van der Waals surface area contributed by atoms with Gasteiger partial charge in [0.1, 0.15) is 0 Å². The van der Waals surface area contributed by atoms with Crippen LogP contribution in [0.5, 0.6) is 0 Å². The van der Waals surface area contributed by atoms with Gasteiger partial charge in [0.05, 0.1) is 11.1 Å². The van der Waals surface area contributed by atoms with Crippen molar-refractivity contribution in [3.05, 3.63) is 271 Å². The fourth-order valence-corrected chi connectivity index (χ4v) is 9.66. The highest BCUT2D eigenvalue weighted by molar-refractivity contribution is 5.99. The van der Waals surface area contributed by atoms with E-state index in [9.17, 15) is 0 Å². The van der Waals surface area contributed by atoms with E-state index in [-0.39, 0.29) is 0 Å². The molecule has 0 aliphatic heterocycles. The van der Waals surface area contributed by atoms with Gasteiger partial charge in [-0.3, -0.25) is 0 Å². The van der Waals surface area contributed by atoms with E-state index in [4.69, 9.17) is 0 Å². The highest BCUT2D eigenvalue weighted by Gasteiger charge is 2.43. The van der Waals surface area contributed by atoms with Crippen LogP contribution in [0.3, 0.4) is 0 Å². The minimum absolute atomic E-state index is 0.583. The van der Waals surface area contributed by atoms with E-state index in [0.29, 0.717) is 0 Å². The predicted molar refractivity (Wildman–Crippen MR) is 252 cm³/mol. The molecular formula is C59H41N. The van der Waals surface area contributed by atoms with Crippen LogP contribution in [0.15, 0.2) is 249 Å². The molecule has 282 valence electrons. The Balaban J connectivity index is 1.07. The van der Waals surface area contributed by atoms with Crippen LogP contribution >= 0.6 is 0 Å². The molecule has 0 amide bonds. The van der Waals surface area contributed by atoms with Crippen molar-refractivity contribution < 1.29 is 0 Å². The summed E-state index contributed by atoms with van der Waals surface area (Å²) in [5, 5.41) is 2.42. The fourth-order valence-electron chi connectivity index (χ4n) is 9.66. The van der Waals surface area contributed by atoms with Crippen LogP contribution in [0.25, 0.3) is 55.3 Å². The van der Waals surface area contributed by atoms with Crippen molar-refractivity contribution in [1.82, 2.24) is 0 Å². The molecule has 10 aromatic carbocycles. The molecule has 0 bridgehead atoms. The first-order chi connectivity index (χ1) is 29.8. The summed E-state index contributed by atoms with van der Waals surface area (Å²) >= 11 is 0. The first-order valence-corrected chi connectivity index (χ1v) is 20.8. The van der Waals surface area contributed by atoms with Gasteiger partial charge >= 0.3 is 0 Å². The molecule has 0 saturated carbocycles. The van der Waals surface area contributed by atoms with Crippen LogP contribution in [0, 0.1) is 0 Å². The molecule has 0 saturated heterocycles. The van der Waals surface area contributed by atoms with Gasteiger partial charge in [0, 0.05) is 16.8 Å². The Morgan fingerprint density at radius 2 is 0.717 bits per heavy atom. The monoisotopic (exact) mass is 763 g/mol. The minimum atomic E-state index is -0.583. The maximum absolute atomic E-state index is 2.43. The Kier molecular flexibility index (Phi) is 8.79. The zero-order chi connectivity index (χ0) is 39.9. The molecule has 1 aliphatic carbocycles. The summed E-state index contributed by atoms with van der Waals surface area (Å²) in [7, 11) is 0. The Morgan fingerprint density at radius 1 is 0.283 bits per heavy atom. The lowest BCUT2D eigenvalue weighted by Crippen LogP contribution is -2.31. The van der Waals surface area contributed by atoms with Crippen LogP contribution in [-0.4, -0.2) is 0 Å². The molecule has 1 aliphatic rings. The largest absolute Gasteiger partial charge is 0.310 e. The number of hydrogen-bond acceptors (Lipinski definition) is 1. The van der Waals surface area contributed by atoms with Crippen molar-refractivity contribution in [2.24, 2.45) is 0 Å².